The van der Waals surface area contributed by atoms with Crippen LogP contribution < -0.4 is 5.32 Å². The number of sulfonamides is 1. The van der Waals surface area contributed by atoms with Crippen LogP contribution in [0, 0.1) is 5.92 Å². The van der Waals surface area contributed by atoms with E-state index in [0.29, 0.717) is 30.4 Å². The van der Waals surface area contributed by atoms with Crippen molar-refractivity contribution < 1.29 is 8.42 Å². The Morgan fingerprint density at radius 1 is 1.47 bits per heavy atom. The summed E-state index contributed by atoms with van der Waals surface area (Å²) in [6.45, 7) is 3.73. The van der Waals surface area contributed by atoms with Gasteiger partial charge in [-0.15, -0.1) is 0 Å². The van der Waals surface area contributed by atoms with Crippen LogP contribution in [0.2, 0.25) is 0 Å². The van der Waals surface area contributed by atoms with Crippen molar-refractivity contribution in [2.75, 3.05) is 20.1 Å². The largest absolute Gasteiger partial charge is 0.363 e. The fourth-order valence-corrected chi connectivity index (χ4v) is 3.91. The minimum absolute atomic E-state index is 0.374. The Morgan fingerprint density at radius 2 is 2.21 bits per heavy atom. The molecule has 0 unspecified atom stereocenters. The number of rotatable bonds is 7. The quantitative estimate of drug-likeness (QED) is 0.799. The van der Waals surface area contributed by atoms with Gasteiger partial charge in [-0.2, -0.15) is 4.31 Å². The van der Waals surface area contributed by atoms with Crippen molar-refractivity contribution in [3.05, 3.63) is 18.0 Å². The smallest absolute Gasteiger partial charge is 0.244 e. The predicted octanol–water partition coefficient (Wildman–Crippen LogP) is 1.54. The van der Waals surface area contributed by atoms with E-state index in [1.54, 1.807) is 16.6 Å². The van der Waals surface area contributed by atoms with Gasteiger partial charge in [-0.25, -0.2) is 8.42 Å². The fourth-order valence-electron chi connectivity index (χ4n) is 2.37. The number of aromatic nitrogens is 1. The van der Waals surface area contributed by atoms with Crippen molar-refractivity contribution in [1.82, 2.24) is 14.6 Å². The Bertz CT molecular complexity index is 506. The Labute approximate surface area is 115 Å². The van der Waals surface area contributed by atoms with Gasteiger partial charge in [0.1, 0.15) is 0 Å². The van der Waals surface area contributed by atoms with Crippen LogP contribution in [0.15, 0.2) is 17.2 Å². The molecule has 5 nitrogen and oxygen atoms in total. The lowest BCUT2D eigenvalue weighted by Gasteiger charge is -2.30. The highest BCUT2D eigenvalue weighted by Gasteiger charge is 2.29. The molecule has 0 spiro atoms. The molecule has 0 atom stereocenters. The molecular formula is C13H23N3O2S. The molecule has 0 aromatic carbocycles. The molecule has 1 aromatic rings. The van der Waals surface area contributed by atoms with Crippen LogP contribution in [0.4, 0.5) is 0 Å². The first-order valence-electron chi connectivity index (χ1n) is 6.90. The Hall–Kier alpha value is -0.850. The number of hydrogen-bond donors (Lipinski definition) is 2. The molecule has 0 amide bonds. The van der Waals surface area contributed by atoms with Crippen LogP contribution in [0.1, 0.15) is 31.9 Å². The molecule has 1 fully saturated rings. The average Bonchev–Trinajstić information content (AvgIpc) is 2.77. The van der Waals surface area contributed by atoms with E-state index in [0.717, 1.165) is 18.5 Å². The van der Waals surface area contributed by atoms with Gasteiger partial charge < -0.3 is 10.3 Å². The molecule has 2 N–H and O–H groups in total. The highest BCUT2D eigenvalue weighted by atomic mass is 32.2. The molecule has 0 bridgehead atoms. The first kappa shape index (κ1) is 14.6. The maximum absolute atomic E-state index is 12.5. The van der Waals surface area contributed by atoms with Gasteiger partial charge >= 0.3 is 0 Å². The van der Waals surface area contributed by atoms with Crippen LogP contribution >= 0.6 is 0 Å². The predicted molar refractivity (Wildman–Crippen MR) is 75.3 cm³/mol. The summed E-state index contributed by atoms with van der Waals surface area (Å²) in [5.74, 6) is 0.547. The number of nitrogens with one attached hydrogen (secondary N) is 2. The Kier molecular flexibility index (Phi) is 4.65. The third kappa shape index (κ3) is 3.19. The topological polar surface area (TPSA) is 65.2 Å². The molecule has 1 heterocycles. The lowest BCUT2D eigenvalue weighted by atomic mass is 9.85. The van der Waals surface area contributed by atoms with Crippen LogP contribution in [-0.2, 0) is 16.6 Å². The van der Waals surface area contributed by atoms with Crippen molar-refractivity contribution in [3.63, 3.8) is 0 Å². The monoisotopic (exact) mass is 285 g/mol. The normalized spacial score (nSPS) is 16.8. The molecule has 6 heteroatoms. The fraction of sp³-hybridized carbons (Fsp3) is 0.692. The first-order valence-corrected chi connectivity index (χ1v) is 8.34. The van der Waals surface area contributed by atoms with Crippen LogP contribution in [0.5, 0.6) is 0 Å². The summed E-state index contributed by atoms with van der Waals surface area (Å²) < 4.78 is 26.7. The second-order valence-corrected chi connectivity index (χ2v) is 7.08. The number of aromatic amines is 1. The Balaban J connectivity index is 2.13. The van der Waals surface area contributed by atoms with E-state index in [1.807, 2.05) is 14.0 Å². The lowest BCUT2D eigenvalue weighted by molar-refractivity contribution is 0.250. The minimum atomic E-state index is -3.35. The number of nitrogens with zero attached hydrogens (tertiary/aromatic N) is 1. The van der Waals surface area contributed by atoms with Crippen molar-refractivity contribution in [3.8, 4) is 0 Å². The zero-order chi connectivity index (χ0) is 13.9. The van der Waals surface area contributed by atoms with E-state index < -0.39 is 10.0 Å². The summed E-state index contributed by atoms with van der Waals surface area (Å²) >= 11 is 0. The summed E-state index contributed by atoms with van der Waals surface area (Å²) in [4.78, 5) is 3.38. The molecule has 0 saturated heterocycles. The van der Waals surface area contributed by atoms with Gasteiger partial charge in [-0.1, -0.05) is 13.3 Å². The van der Waals surface area contributed by atoms with Gasteiger partial charge in [0.2, 0.25) is 10.0 Å². The van der Waals surface area contributed by atoms with Crippen LogP contribution in [-0.4, -0.2) is 37.8 Å². The maximum Gasteiger partial charge on any atom is 0.244 e. The van der Waals surface area contributed by atoms with Gasteiger partial charge in [-0.3, -0.25) is 0 Å². The molecule has 1 saturated carbocycles. The van der Waals surface area contributed by atoms with E-state index >= 15 is 0 Å². The molecular weight excluding hydrogens is 262 g/mol. The standard InChI is InChI=1S/C13H23N3O2S/c1-3-16(10-11-5-4-6-11)19(17,18)13-7-12(8-14-2)15-9-13/h7,9,11,14-15H,3-6,8,10H2,1-2H3. The van der Waals surface area contributed by atoms with Crippen molar-refractivity contribution in [2.45, 2.75) is 37.6 Å². The van der Waals surface area contributed by atoms with Gasteiger partial charge in [0.05, 0.1) is 4.90 Å². The molecule has 1 aliphatic rings. The first-order chi connectivity index (χ1) is 9.07. The summed E-state index contributed by atoms with van der Waals surface area (Å²) in [5, 5.41) is 3.00. The van der Waals surface area contributed by atoms with Crippen LogP contribution in [0.3, 0.4) is 0 Å². The van der Waals surface area contributed by atoms with Gasteiger partial charge in [0.25, 0.3) is 0 Å². The van der Waals surface area contributed by atoms with Crippen molar-refractivity contribution in [2.24, 2.45) is 5.92 Å². The third-order valence-electron chi connectivity index (χ3n) is 3.76. The second-order valence-electron chi connectivity index (χ2n) is 5.14. The SMILES string of the molecule is CCN(CC1CCC1)S(=O)(=O)c1c[nH]c(CNC)c1. The summed E-state index contributed by atoms with van der Waals surface area (Å²) in [6, 6.07) is 1.72. The van der Waals surface area contributed by atoms with E-state index in [2.05, 4.69) is 10.3 Å². The second kappa shape index (κ2) is 6.07. The highest BCUT2D eigenvalue weighted by Crippen LogP contribution is 2.29. The zero-order valence-electron chi connectivity index (χ0n) is 11.6. The average molecular weight is 285 g/mol. The maximum atomic E-state index is 12.5. The van der Waals surface area contributed by atoms with E-state index in [-0.39, 0.29) is 0 Å². The molecule has 108 valence electrons. The molecule has 0 radical (unpaired) electrons. The minimum Gasteiger partial charge on any atom is -0.363 e. The summed E-state index contributed by atoms with van der Waals surface area (Å²) in [5.41, 5.74) is 0.890. The summed E-state index contributed by atoms with van der Waals surface area (Å²) in [7, 11) is -1.51. The van der Waals surface area contributed by atoms with E-state index in [1.165, 1.54) is 6.42 Å². The van der Waals surface area contributed by atoms with Crippen LogP contribution in [0.25, 0.3) is 0 Å². The number of H-pyrrole nitrogens is 1. The lowest BCUT2D eigenvalue weighted by Crippen LogP contribution is -2.37. The van der Waals surface area contributed by atoms with Gasteiger partial charge in [0.15, 0.2) is 0 Å². The molecule has 0 aliphatic heterocycles. The molecule has 2 rings (SSSR count). The van der Waals surface area contributed by atoms with Gasteiger partial charge in [0, 0.05) is 31.5 Å². The molecule has 19 heavy (non-hydrogen) atoms. The molecule has 1 aromatic heterocycles. The summed E-state index contributed by atoms with van der Waals surface area (Å²) in [6.07, 6.45) is 5.14. The van der Waals surface area contributed by atoms with Gasteiger partial charge in [-0.05, 0) is 31.9 Å². The Morgan fingerprint density at radius 3 is 2.74 bits per heavy atom. The van der Waals surface area contributed by atoms with E-state index in [4.69, 9.17) is 0 Å². The third-order valence-corrected chi connectivity index (χ3v) is 5.68. The van der Waals surface area contributed by atoms with Crippen molar-refractivity contribution in [1.29, 1.82) is 0 Å². The highest BCUT2D eigenvalue weighted by molar-refractivity contribution is 7.89. The zero-order valence-corrected chi connectivity index (χ0v) is 12.5. The van der Waals surface area contributed by atoms with Crippen molar-refractivity contribution >= 4 is 10.0 Å². The van der Waals surface area contributed by atoms with E-state index in [9.17, 15) is 8.42 Å². The number of hydrogen-bond acceptors (Lipinski definition) is 3. The molecule has 1 aliphatic carbocycles.